The molecule has 8 nitrogen and oxygen atoms in total. The maximum absolute atomic E-state index is 15.4. The van der Waals surface area contributed by atoms with Crippen molar-refractivity contribution < 1.29 is 0 Å². The molecule has 0 saturated carbocycles. The summed E-state index contributed by atoms with van der Waals surface area (Å²) in [6.45, 7) is 13.7. The third-order valence-electron chi connectivity index (χ3n) is 19.5. The van der Waals surface area contributed by atoms with Crippen molar-refractivity contribution in [2.45, 2.75) is 169 Å². The maximum Gasteiger partial charge on any atom is 0.262 e. The molecular formula is C78H88Br2N4O4+2. The number of para-hydroxylation sites is 2. The highest BCUT2D eigenvalue weighted by molar-refractivity contribution is 9.11. The lowest BCUT2D eigenvalue weighted by molar-refractivity contribution is 0.356. The van der Waals surface area contributed by atoms with E-state index < -0.39 is 16.7 Å². The smallest absolute Gasteiger partial charge is 0.262 e. The first-order valence-corrected chi connectivity index (χ1v) is 34.9. The minimum atomic E-state index is -0.437. The van der Waals surface area contributed by atoms with Crippen molar-refractivity contribution in [3.8, 4) is 0 Å². The van der Waals surface area contributed by atoms with Crippen LogP contribution in [0.4, 0.5) is 22.7 Å². The van der Waals surface area contributed by atoms with Crippen LogP contribution in [0.15, 0.2) is 174 Å². The van der Waals surface area contributed by atoms with E-state index in [1.54, 1.807) is 0 Å². The number of aryl methyl sites for hydroxylation is 2. The van der Waals surface area contributed by atoms with Gasteiger partial charge in [-0.1, -0.05) is 180 Å². The van der Waals surface area contributed by atoms with Crippen LogP contribution in [-0.2, 0) is 25.9 Å². The van der Waals surface area contributed by atoms with Gasteiger partial charge < -0.3 is 0 Å². The molecule has 0 saturated heterocycles. The molecule has 0 unspecified atom stereocenters. The van der Waals surface area contributed by atoms with Crippen molar-refractivity contribution in [2.24, 2.45) is 0 Å². The van der Waals surface area contributed by atoms with E-state index in [1.165, 1.54) is 109 Å². The average Bonchev–Trinajstić information content (AvgIpc) is 1.33. The predicted octanol–water partition coefficient (Wildman–Crippen LogP) is 20.4. The molecule has 0 bridgehead atoms. The van der Waals surface area contributed by atoms with E-state index in [9.17, 15) is 0 Å². The molecule has 9 aromatic carbocycles. The highest BCUT2D eigenvalue weighted by atomic mass is 79.9. The number of rotatable bonds is 32. The zero-order valence-corrected chi connectivity index (χ0v) is 55.6. The average molecular weight is 1310 g/mol. The lowest BCUT2D eigenvalue weighted by Gasteiger charge is -2.38. The van der Waals surface area contributed by atoms with E-state index in [4.69, 9.17) is 0 Å². The van der Waals surface area contributed by atoms with E-state index in [1.807, 2.05) is 18.2 Å². The Bertz CT molecular complexity index is 4370. The summed E-state index contributed by atoms with van der Waals surface area (Å²) in [4.78, 5) is 60.9. The summed E-state index contributed by atoms with van der Waals surface area (Å²) in [7, 11) is 0. The van der Waals surface area contributed by atoms with Crippen LogP contribution in [0.1, 0.15) is 154 Å². The number of hydrogen-bond donors (Lipinski definition) is 0. The molecule has 0 atom stereocenters. The number of hydrogen-bond acceptors (Lipinski definition) is 4. The molecule has 88 heavy (non-hydrogen) atoms. The van der Waals surface area contributed by atoms with E-state index >= 15 is 19.2 Å². The minimum Gasteiger partial charge on any atom is -0.274 e. The van der Waals surface area contributed by atoms with Crippen LogP contribution in [0.25, 0.3) is 64.6 Å². The molecule has 0 N–H and O–H groups in total. The summed E-state index contributed by atoms with van der Waals surface area (Å²) in [6, 6.07) is 52.4. The van der Waals surface area contributed by atoms with Gasteiger partial charge in [0.1, 0.15) is 22.7 Å². The molecule has 0 aliphatic rings. The quantitative estimate of drug-likeness (QED) is 0.0182. The van der Waals surface area contributed by atoms with Gasteiger partial charge in [0.15, 0.2) is 0 Å². The van der Waals surface area contributed by atoms with Crippen LogP contribution < -0.4 is 31.2 Å². The molecular weight excluding hydrogens is 1220 g/mol. The zero-order valence-electron chi connectivity index (χ0n) is 52.4. The topological polar surface area (TPSA) is 78.1 Å². The van der Waals surface area contributed by atoms with Crippen molar-refractivity contribution in [1.29, 1.82) is 0 Å². The fourth-order valence-corrected chi connectivity index (χ4v) is 16.2. The Kier molecular flexibility index (Phi) is 20.4. The van der Waals surface area contributed by atoms with Gasteiger partial charge in [0.25, 0.3) is 22.2 Å². The Morgan fingerprint density at radius 3 is 1.25 bits per heavy atom. The van der Waals surface area contributed by atoms with Crippen LogP contribution in [0.5, 0.6) is 0 Å². The first-order chi connectivity index (χ1) is 43.0. The first kappa shape index (κ1) is 63.0. The van der Waals surface area contributed by atoms with Crippen molar-refractivity contribution in [1.82, 2.24) is 18.1 Å². The van der Waals surface area contributed by atoms with Crippen LogP contribution >= 0.6 is 31.9 Å². The van der Waals surface area contributed by atoms with E-state index in [0.29, 0.717) is 40.9 Å². The Balaban J connectivity index is 0.940. The number of fused-ring (bicyclic) bond motifs is 6. The van der Waals surface area contributed by atoms with Gasteiger partial charge in [-0.25, -0.2) is 0 Å². The molecule has 2 aromatic heterocycles. The number of quaternary nitrogens is 2. The van der Waals surface area contributed by atoms with Gasteiger partial charge >= 0.3 is 0 Å². The lowest BCUT2D eigenvalue weighted by atomic mass is 9.87. The van der Waals surface area contributed by atoms with Crippen molar-refractivity contribution in [2.75, 3.05) is 26.2 Å². The third-order valence-corrected chi connectivity index (χ3v) is 21.0. The molecule has 456 valence electrons. The molecule has 11 aromatic rings. The lowest BCUT2D eigenvalue weighted by Crippen LogP contribution is -2.46. The zero-order chi connectivity index (χ0) is 61.4. The highest BCUT2D eigenvalue weighted by Crippen LogP contribution is 2.49. The molecule has 2 heterocycles. The third kappa shape index (κ3) is 12.2. The molecule has 10 heteroatoms. The van der Waals surface area contributed by atoms with Gasteiger partial charge in [-0.3, -0.25) is 37.3 Å². The first-order valence-electron chi connectivity index (χ1n) is 33.4. The molecule has 0 fully saturated rings. The number of nitrogens with zero attached hydrogens (tertiary/aromatic N) is 4. The monoisotopic (exact) mass is 1300 g/mol. The standard InChI is InChI=1S/C78H88Br2N4O4/c1-5-9-13-23-50-83(51-24-14-10-6-2,58-33-19-17-20-34-58)60-43-38-55(39-44-60)30-28-48-81-75(85)64-54-63-67-65(79)47-42-57-32-27-37-62(66(57)67)69-68(63)71(70(64)76(81)86)72-73(74(69)80)78(88)82(77(72)87)49-29-31-56-40-45-61(46-41-56)84(52-25-15-11-7-3,53-26-16-12-8-4)59-35-21-18-22-36-59/h17-22,27,32-47,54H,5-16,23-26,28-31,48-53H2,1-4H3/q+2. The van der Waals surface area contributed by atoms with Crippen molar-refractivity contribution in [3.05, 3.63) is 207 Å². The van der Waals surface area contributed by atoms with Crippen LogP contribution in [0, 0.1) is 0 Å². The molecule has 0 radical (unpaired) electrons. The summed E-state index contributed by atoms with van der Waals surface area (Å²) >= 11 is 7.87. The maximum atomic E-state index is 15.4. The second-order valence-electron chi connectivity index (χ2n) is 25.2. The summed E-state index contributed by atoms with van der Waals surface area (Å²) in [6.07, 6.45) is 21.7. The van der Waals surface area contributed by atoms with Crippen LogP contribution in [0.2, 0.25) is 0 Å². The second kappa shape index (κ2) is 28.5. The van der Waals surface area contributed by atoms with Crippen LogP contribution in [-0.4, -0.2) is 35.3 Å². The fraction of sp³-hybridized carbons (Fsp3) is 0.385. The molecule has 0 aliphatic carbocycles. The van der Waals surface area contributed by atoms with Crippen molar-refractivity contribution in [3.63, 3.8) is 0 Å². The summed E-state index contributed by atoms with van der Waals surface area (Å²) in [5.74, 6) is 0. The highest BCUT2D eigenvalue weighted by Gasteiger charge is 2.35. The summed E-state index contributed by atoms with van der Waals surface area (Å²) in [5, 5.41) is 7.28. The molecule has 11 rings (SSSR count). The van der Waals surface area contributed by atoms with Gasteiger partial charge in [-0.15, -0.1) is 0 Å². The summed E-state index contributed by atoms with van der Waals surface area (Å²) in [5.41, 5.74) is 5.91. The van der Waals surface area contributed by atoms with E-state index in [0.717, 1.165) is 109 Å². The minimum absolute atomic E-state index is 0.192. The van der Waals surface area contributed by atoms with E-state index in [-0.39, 0.29) is 40.2 Å². The predicted molar refractivity (Wildman–Crippen MR) is 383 cm³/mol. The Morgan fingerprint density at radius 2 is 0.773 bits per heavy atom. The fourth-order valence-electron chi connectivity index (χ4n) is 14.9. The number of benzene rings is 9. The molecule has 0 spiro atoms. The van der Waals surface area contributed by atoms with Gasteiger partial charge in [-0.2, -0.15) is 0 Å². The molecule has 0 aliphatic heterocycles. The van der Waals surface area contributed by atoms with Gasteiger partial charge in [-0.05, 0) is 186 Å². The largest absolute Gasteiger partial charge is 0.274 e. The Labute approximate surface area is 536 Å². The number of halogens is 2. The Hall–Kier alpha value is -6.56. The summed E-state index contributed by atoms with van der Waals surface area (Å²) < 4.78 is 5.78. The number of aromatic nitrogens is 2. The Morgan fingerprint density at radius 1 is 0.330 bits per heavy atom. The number of unbranched alkanes of at least 4 members (excludes halogenated alkanes) is 12. The van der Waals surface area contributed by atoms with Gasteiger partial charge in [0.2, 0.25) is 0 Å². The van der Waals surface area contributed by atoms with Gasteiger partial charge in [0.05, 0.1) is 47.7 Å². The van der Waals surface area contributed by atoms with E-state index in [2.05, 4.69) is 187 Å². The second-order valence-corrected chi connectivity index (χ2v) is 26.8. The SMILES string of the molecule is CCCCCC[N+](CCCCCC)(c1ccccc1)c1ccc(CCCn2c(=O)c3cc4c5c(Br)ccc6cccc(c7c(Br)c8c(=O)n(CCCc9ccc([N+](CCCCCC)(CCCCCC)c%10ccccc%10)cc9)c(=O)c8c(c3c2=O)c47)c65)cc1. The van der Waals surface area contributed by atoms with Crippen molar-refractivity contribution >= 4 is 119 Å². The normalized spacial score (nSPS) is 12.4. The van der Waals surface area contributed by atoms with Gasteiger partial charge in [0, 0.05) is 43.6 Å². The van der Waals surface area contributed by atoms with Crippen LogP contribution in [0.3, 0.4) is 0 Å². The molecule has 0 amide bonds.